The second kappa shape index (κ2) is 4.56. The Balaban J connectivity index is 2.16. The molecule has 96 valence electrons. The van der Waals surface area contributed by atoms with Gasteiger partial charge in [-0.1, -0.05) is 6.07 Å². The van der Waals surface area contributed by atoms with Crippen LogP contribution in [0.3, 0.4) is 0 Å². The van der Waals surface area contributed by atoms with E-state index >= 15 is 0 Å². The van der Waals surface area contributed by atoms with Crippen molar-refractivity contribution in [1.82, 2.24) is 4.57 Å². The number of hydrogen-bond donors (Lipinski definition) is 1. The molecular weight excluding hydrogens is 236 g/mol. The Hall–Kier alpha value is -2.05. The van der Waals surface area contributed by atoms with Crippen LogP contribution < -0.4 is 0 Å². The second-order valence-corrected chi connectivity index (χ2v) is 5.11. The minimum atomic E-state index is -0.343. The van der Waals surface area contributed by atoms with Crippen LogP contribution in [0.4, 0.5) is 0 Å². The SMILES string of the molecule is Cc1ccc(C#N)cc1-n1ccc2c1CCCC2O. The highest BCUT2D eigenvalue weighted by Crippen LogP contribution is 2.32. The highest BCUT2D eigenvalue weighted by Gasteiger charge is 2.22. The van der Waals surface area contributed by atoms with Crippen molar-refractivity contribution in [3.8, 4) is 11.8 Å². The molecule has 1 atom stereocenters. The number of rotatable bonds is 1. The molecule has 0 fully saturated rings. The summed E-state index contributed by atoms with van der Waals surface area (Å²) < 4.78 is 2.12. The van der Waals surface area contributed by atoms with E-state index in [1.165, 1.54) is 5.69 Å². The maximum Gasteiger partial charge on any atom is 0.0992 e. The summed E-state index contributed by atoms with van der Waals surface area (Å²) in [6.45, 7) is 2.04. The Bertz CT molecular complexity index is 664. The maximum absolute atomic E-state index is 10.0. The van der Waals surface area contributed by atoms with Crippen LogP contribution in [0.1, 0.15) is 41.3 Å². The highest BCUT2D eigenvalue weighted by atomic mass is 16.3. The normalized spacial score (nSPS) is 17.8. The van der Waals surface area contributed by atoms with Gasteiger partial charge >= 0.3 is 0 Å². The molecule has 0 spiro atoms. The molecule has 0 bridgehead atoms. The Morgan fingerprint density at radius 2 is 2.21 bits per heavy atom. The number of aliphatic hydroxyl groups excluding tert-OH is 1. The fourth-order valence-electron chi connectivity index (χ4n) is 2.83. The average Bonchev–Trinajstić information content (AvgIpc) is 2.85. The van der Waals surface area contributed by atoms with Crippen LogP contribution in [0.25, 0.3) is 5.69 Å². The zero-order chi connectivity index (χ0) is 13.4. The molecule has 3 heteroatoms. The molecule has 2 aromatic rings. The van der Waals surface area contributed by atoms with Crippen molar-refractivity contribution < 1.29 is 5.11 Å². The molecule has 0 aliphatic heterocycles. The number of aryl methyl sites for hydroxylation is 1. The summed E-state index contributed by atoms with van der Waals surface area (Å²) in [6.07, 6.45) is 4.49. The van der Waals surface area contributed by atoms with E-state index in [-0.39, 0.29) is 6.10 Å². The molecule has 1 unspecified atom stereocenters. The summed E-state index contributed by atoms with van der Waals surface area (Å²) in [7, 11) is 0. The summed E-state index contributed by atoms with van der Waals surface area (Å²) in [6, 6.07) is 9.90. The molecule has 1 aromatic heterocycles. The van der Waals surface area contributed by atoms with Gasteiger partial charge in [0.1, 0.15) is 0 Å². The van der Waals surface area contributed by atoms with E-state index in [2.05, 4.69) is 10.6 Å². The zero-order valence-corrected chi connectivity index (χ0v) is 10.9. The third kappa shape index (κ3) is 1.94. The monoisotopic (exact) mass is 252 g/mol. The summed E-state index contributed by atoms with van der Waals surface area (Å²) in [4.78, 5) is 0. The number of hydrogen-bond acceptors (Lipinski definition) is 2. The van der Waals surface area contributed by atoms with Gasteiger partial charge in [-0.05, 0) is 49.9 Å². The number of aromatic nitrogens is 1. The van der Waals surface area contributed by atoms with Gasteiger partial charge in [-0.3, -0.25) is 0 Å². The standard InChI is InChI=1S/C16H16N2O/c1-11-5-6-12(10-17)9-15(11)18-8-7-13-14(18)3-2-4-16(13)19/h5-9,16,19H,2-4H2,1H3. The van der Waals surface area contributed by atoms with Crippen molar-refractivity contribution in [2.75, 3.05) is 0 Å². The molecule has 3 nitrogen and oxygen atoms in total. The number of fused-ring (bicyclic) bond motifs is 1. The zero-order valence-electron chi connectivity index (χ0n) is 10.9. The van der Waals surface area contributed by atoms with Crippen molar-refractivity contribution in [1.29, 1.82) is 5.26 Å². The van der Waals surface area contributed by atoms with E-state index in [1.807, 2.05) is 37.4 Å². The van der Waals surface area contributed by atoms with Crippen molar-refractivity contribution in [2.45, 2.75) is 32.3 Å². The molecule has 19 heavy (non-hydrogen) atoms. The molecule has 1 aliphatic carbocycles. The van der Waals surface area contributed by atoms with Crippen molar-refractivity contribution in [3.63, 3.8) is 0 Å². The molecule has 1 aromatic carbocycles. The molecular formula is C16H16N2O. The maximum atomic E-state index is 10.0. The van der Waals surface area contributed by atoms with Gasteiger partial charge in [0.25, 0.3) is 0 Å². The van der Waals surface area contributed by atoms with Crippen LogP contribution in [-0.4, -0.2) is 9.67 Å². The van der Waals surface area contributed by atoms with E-state index < -0.39 is 0 Å². The van der Waals surface area contributed by atoms with Gasteiger partial charge in [-0.2, -0.15) is 5.26 Å². The van der Waals surface area contributed by atoms with Gasteiger partial charge in [-0.25, -0.2) is 0 Å². The predicted molar refractivity (Wildman–Crippen MR) is 73.1 cm³/mol. The van der Waals surface area contributed by atoms with E-state index in [1.54, 1.807) is 0 Å². The molecule has 3 rings (SSSR count). The van der Waals surface area contributed by atoms with Crippen LogP contribution in [0.15, 0.2) is 30.5 Å². The van der Waals surface area contributed by atoms with Gasteiger partial charge in [-0.15, -0.1) is 0 Å². The lowest BCUT2D eigenvalue weighted by Gasteiger charge is -2.21. The fourth-order valence-corrected chi connectivity index (χ4v) is 2.83. The first-order chi connectivity index (χ1) is 9.20. The van der Waals surface area contributed by atoms with Crippen LogP contribution in [0.5, 0.6) is 0 Å². The number of benzene rings is 1. The fraction of sp³-hybridized carbons (Fsp3) is 0.312. The van der Waals surface area contributed by atoms with Crippen molar-refractivity contribution in [2.24, 2.45) is 0 Å². The number of nitriles is 1. The Labute approximate surface area is 112 Å². The lowest BCUT2D eigenvalue weighted by molar-refractivity contribution is 0.156. The predicted octanol–water partition coefficient (Wildman–Crippen LogP) is 3.03. The van der Waals surface area contributed by atoms with E-state index in [4.69, 9.17) is 5.26 Å². The highest BCUT2D eigenvalue weighted by molar-refractivity contribution is 5.49. The molecule has 0 saturated heterocycles. The van der Waals surface area contributed by atoms with Crippen LogP contribution in [-0.2, 0) is 6.42 Å². The lowest BCUT2D eigenvalue weighted by atomic mass is 9.95. The quantitative estimate of drug-likeness (QED) is 0.848. The van der Waals surface area contributed by atoms with E-state index in [0.717, 1.165) is 36.1 Å². The molecule has 1 heterocycles. The largest absolute Gasteiger partial charge is 0.388 e. The third-order valence-electron chi connectivity index (χ3n) is 3.88. The van der Waals surface area contributed by atoms with E-state index in [9.17, 15) is 5.11 Å². The minimum Gasteiger partial charge on any atom is -0.388 e. The third-order valence-corrected chi connectivity index (χ3v) is 3.88. The molecule has 1 N–H and O–H groups in total. The van der Waals surface area contributed by atoms with Gasteiger partial charge in [0.15, 0.2) is 0 Å². The first-order valence-electron chi connectivity index (χ1n) is 6.60. The van der Waals surface area contributed by atoms with Crippen LogP contribution in [0.2, 0.25) is 0 Å². The average molecular weight is 252 g/mol. The molecule has 1 aliphatic rings. The van der Waals surface area contributed by atoms with Gasteiger partial charge in [0.2, 0.25) is 0 Å². The summed E-state index contributed by atoms with van der Waals surface area (Å²) in [5.74, 6) is 0. The van der Waals surface area contributed by atoms with Gasteiger partial charge in [0.05, 0.1) is 17.7 Å². The molecule has 0 amide bonds. The summed E-state index contributed by atoms with van der Waals surface area (Å²) >= 11 is 0. The Morgan fingerprint density at radius 1 is 1.37 bits per heavy atom. The molecule has 0 saturated carbocycles. The Kier molecular flexibility index (Phi) is 2.88. The second-order valence-electron chi connectivity index (χ2n) is 5.11. The van der Waals surface area contributed by atoms with Crippen LogP contribution >= 0.6 is 0 Å². The summed E-state index contributed by atoms with van der Waals surface area (Å²) in [5, 5.41) is 19.1. The first kappa shape index (κ1) is 12.0. The van der Waals surface area contributed by atoms with Gasteiger partial charge in [0, 0.05) is 23.1 Å². The minimum absolute atomic E-state index is 0.343. The Morgan fingerprint density at radius 3 is 3.00 bits per heavy atom. The topological polar surface area (TPSA) is 49.0 Å². The number of nitrogens with zero attached hydrogens (tertiary/aromatic N) is 2. The van der Waals surface area contributed by atoms with Crippen molar-refractivity contribution in [3.05, 3.63) is 52.8 Å². The van der Waals surface area contributed by atoms with E-state index in [0.29, 0.717) is 5.56 Å². The first-order valence-corrected chi connectivity index (χ1v) is 6.60. The molecule has 0 radical (unpaired) electrons. The lowest BCUT2D eigenvalue weighted by Crippen LogP contribution is -2.11. The smallest absolute Gasteiger partial charge is 0.0992 e. The van der Waals surface area contributed by atoms with Gasteiger partial charge < -0.3 is 9.67 Å². The number of aliphatic hydroxyl groups is 1. The van der Waals surface area contributed by atoms with Crippen LogP contribution in [0, 0.1) is 18.3 Å². The summed E-state index contributed by atoms with van der Waals surface area (Å²) in [5.41, 5.74) is 5.05. The van der Waals surface area contributed by atoms with Crippen molar-refractivity contribution >= 4 is 0 Å².